The lowest BCUT2D eigenvalue weighted by Crippen LogP contribution is -2.11. The van der Waals surface area contributed by atoms with Gasteiger partial charge in [-0.05, 0) is 93.2 Å². The zero-order valence-electron chi connectivity index (χ0n) is 29.8. The van der Waals surface area contributed by atoms with E-state index in [1.54, 1.807) is 0 Å². The van der Waals surface area contributed by atoms with Crippen LogP contribution in [0.3, 0.4) is 0 Å². The summed E-state index contributed by atoms with van der Waals surface area (Å²) in [4.78, 5) is 2.40. The van der Waals surface area contributed by atoms with Crippen molar-refractivity contribution in [2.24, 2.45) is 0 Å². The Morgan fingerprint density at radius 2 is 0.891 bits per heavy atom. The van der Waals surface area contributed by atoms with Crippen LogP contribution in [-0.4, -0.2) is 0 Å². The van der Waals surface area contributed by atoms with E-state index in [9.17, 15) is 0 Å². The molecule has 0 unspecified atom stereocenters. The number of fused-ring (bicyclic) bond motifs is 7. The summed E-state index contributed by atoms with van der Waals surface area (Å²) >= 11 is 1.86. The molecule has 2 heterocycles. The van der Waals surface area contributed by atoms with Crippen molar-refractivity contribution in [2.45, 2.75) is 0 Å². The van der Waals surface area contributed by atoms with Crippen molar-refractivity contribution in [2.75, 3.05) is 4.90 Å². The molecule has 0 atom stereocenters. The van der Waals surface area contributed by atoms with Gasteiger partial charge in [-0.15, -0.1) is 11.3 Å². The van der Waals surface area contributed by atoms with Crippen LogP contribution < -0.4 is 4.90 Å². The fourth-order valence-electron chi connectivity index (χ4n) is 8.40. The van der Waals surface area contributed by atoms with Crippen molar-refractivity contribution in [3.8, 4) is 33.4 Å². The number of anilines is 3. The van der Waals surface area contributed by atoms with Gasteiger partial charge in [-0.3, -0.25) is 0 Å². The van der Waals surface area contributed by atoms with E-state index in [1.807, 2.05) is 17.4 Å². The van der Waals surface area contributed by atoms with E-state index in [0.717, 1.165) is 50.1 Å². The minimum absolute atomic E-state index is 0.888. The van der Waals surface area contributed by atoms with E-state index < -0.39 is 0 Å². The Bertz CT molecular complexity index is 3200. The van der Waals surface area contributed by atoms with E-state index in [2.05, 4.69) is 199 Å². The van der Waals surface area contributed by atoms with Crippen molar-refractivity contribution < 1.29 is 4.42 Å². The monoisotopic (exact) mass is 719 g/mol. The number of nitrogens with zero attached hydrogens (tertiary/aromatic N) is 1. The number of benzene rings is 9. The molecule has 3 heteroatoms. The van der Waals surface area contributed by atoms with E-state index >= 15 is 0 Å². The van der Waals surface area contributed by atoms with Crippen LogP contribution in [-0.2, 0) is 0 Å². The van der Waals surface area contributed by atoms with Crippen molar-refractivity contribution in [1.29, 1.82) is 0 Å². The third-order valence-corrected chi connectivity index (χ3v) is 12.0. The lowest BCUT2D eigenvalue weighted by molar-refractivity contribution is 0.669. The molecule has 0 bridgehead atoms. The molecule has 0 fully saturated rings. The van der Waals surface area contributed by atoms with Gasteiger partial charge < -0.3 is 9.32 Å². The third kappa shape index (κ3) is 5.24. The topological polar surface area (TPSA) is 16.4 Å². The normalized spacial score (nSPS) is 11.6. The molecule has 2 aromatic heterocycles. The Hall–Kier alpha value is -6.94. The molecule has 0 saturated carbocycles. The SMILES string of the molecule is c1ccc(N(c2ccc(-c3cccc4ccccc34)cc2)c2ccc(-c3cccc4sc5ccccc5c34)cc2)c(-c2cccc3oc4ccccc4c23)c1. The van der Waals surface area contributed by atoms with Crippen LogP contribution >= 0.6 is 11.3 Å². The first-order valence-corrected chi connectivity index (χ1v) is 19.5. The van der Waals surface area contributed by atoms with Gasteiger partial charge in [0.05, 0.1) is 5.69 Å². The zero-order valence-corrected chi connectivity index (χ0v) is 30.6. The fraction of sp³-hybridized carbons (Fsp3) is 0. The Balaban J connectivity index is 1.09. The molecule has 258 valence electrons. The molecule has 55 heavy (non-hydrogen) atoms. The van der Waals surface area contributed by atoms with Crippen molar-refractivity contribution >= 4 is 81.3 Å². The smallest absolute Gasteiger partial charge is 0.136 e. The van der Waals surface area contributed by atoms with Crippen LogP contribution in [0.5, 0.6) is 0 Å². The summed E-state index contributed by atoms with van der Waals surface area (Å²) < 4.78 is 8.99. The molecule has 0 N–H and O–H groups in total. The summed E-state index contributed by atoms with van der Waals surface area (Å²) in [5, 5.41) is 7.38. The van der Waals surface area contributed by atoms with E-state index in [0.29, 0.717) is 0 Å². The highest BCUT2D eigenvalue weighted by Crippen LogP contribution is 2.46. The van der Waals surface area contributed by atoms with Gasteiger partial charge >= 0.3 is 0 Å². The molecule has 0 radical (unpaired) electrons. The summed E-state index contributed by atoms with van der Waals surface area (Å²) in [5.41, 5.74) is 12.2. The van der Waals surface area contributed by atoms with Crippen LogP contribution in [0.25, 0.3) is 86.3 Å². The van der Waals surface area contributed by atoms with Gasteiger partial charge in [-0.1, -0.05) is 146 Å². The molecule has 0 saturated heterocycles. The quantitative estimate of drug-likeness (QED) is 0.170. The fourth-order valence-corrected chi connectivity index (χ4v) is 9.53. The molecule has 0 spiro atoms. The minimum Gasteiger partial charge on any atom is -0.456 e. The Labute approximate surface area is 322 Å². The number of hydrogen-bond donors (Lipinski definition) is 0. The predicted octanol–water partition coefficient (Wildman–Crippen LogP) is 15.6. The second-order valence-corrected chi connectivity index (χ2v) is 15.1. The van der Waals surface area contributed by atoms with Crippen molar-refractivity contribution in [3.05, 3.63) is 200 Å². The maximum absolute atomic E-state index is 6.36. The zero-order chi connectivity index (χ0) is 36.3. The summed E-state index contributed by atoms with van der Waals surface area (Å²) in [6.45, 7) is 0. The summed E-state index contributed by atoms with van der Waals surface area (Å²) in [6, 6.07) is 72.2. The summed E-state index contributed by atoms with van der Waals surface area (Å²) in [6.07, 6.45) is 0. The molecular weight excluding hydrogens is 687 g/mol. The van der Waals surface area contributed by atoms with Gasteiger partial charge in [0.1, 0.15) is 11.2 Å². The van der Waals surface area contributed by atoms with Crippen LogP contribution in [0.1, 0.15) is 0 Å². The molecule has 11 rings (SSSR count). The van der Waals surface area contributed by atoms with Gasteiger partial charge in [-0.25, -0.2) is 0 Å². The first-order chi connectivity index (χ1) is 27.3. The third-order valence-electron chi connectivity index (χ3n) is 10.9. The van der Waals surface area contributed by atoms with Crippen LogP contribution in [0, 0.1) is 0 Å². The van der Waals surface area contributed by atoms with Gasteiger partial charge in [0.25, 0.3) is 0 Å². The van der Waals surface area contributed by atoms with Crippen molar-refractivity contribution in [3.63, 3.8) is 0 Å². The molecular formula is C52H33NOS. The molecule has 9 aromatic carbocycles. The molecule has 2 nitrogen and oxygen atoms in total. The highest BCUT2D eigenvalue weighted by atomic mass is 32.1. The average Bonchev–Trinajstić information content (AvgIpc) is 3.83. The maximum Gasteiger partial charge on any atom is 0.136 e. The Kier molecular flexibility index (Phi) is 7.39. The van der Waals surface area contributed by atoms with Gasteiger partial charge in [-0.2, -0.15) is 0 Å². The van der Waals surface area contributed by atoms with E-state index in [1.165, 1.54) is 53.2 Å². The summed E-state index contributed by atoms with van der Waals surface area (Å²) in [5.74, 6) is 0. The number of thiophene rings is 1. The van der Waals surface area contributed by atoms with Crippen LogP contribution in [0.2, 0.25) is 0 Å². The summed E-state index contributed by atoms with van der Waals surface area (Å²) in [7, 11) is 0. The molecule has 11 aromatic rings. The van der Waals surface area contributed by atoms with Crippen molar-refractivity contribution in [1.82, 2.24) is 0 Å². The van der Waals surface area contributed by atoms with Gasteiger partial charge in [0.2, 0.25) is 0 Å². The maximum atomic E-state index is 6.36. The second kappa shape index (κ2) is 12.9. The number of furan rings is 1. The second-order valence-electron chi connectivity index (χ2n) is 14.0. The minimum atomic E-state index is 0.888. The predicted molar refractivity (Wildman–Crippen MR) is 235 cm³/mol. The lowest BCUT2D eigenvalue weighted by atomic mass is 9.96. The Morgan fingerprint density at radius 3 is 1.73 bits per heavy atom. The van der Waals surface area contributed by atoms with Crippen LogP contribution in [0.4, 0.5) is 17.1 Å². The number of rotatable bonds is 6. The average molecular weight is 720 g/mol. The lowest BCUT2D eigenvalue weighted by Gasteiger charge is -2.28. The van der Waals surface area contributed by atoms with Crippen LogP contribution in [0.15, 0.2) is 205 Å². The molecule has 0 amide bonds. The number of hydrogen-bond acceptors (Lipinski definition) is 3. The highest BCUT2D eigenvalue weighted by Gasteiger charge is 2.21. The standard InChI is InChI=1S/C52H33NOS/c1-2-14-39-34(12-1)13-9-18-40(39)35-26-30-37(31-27-35)53(38-32-28-36(29-33-38)41-19-11-25-50-52(41)45-17-5-8-24-49(45)55-50)46-21-6-3-15-42(46)43-20-10-23-48-51(43)44-16-4-7-22-47(44)54-48/h1-33H. The van der Waals surface area contributed by atoms with Gasteiger partial charge in [0.15, 0.2) is 0 Å². The van der Waals surface area contributed by atoms with E-state index in [-0.39, 0.29) is 0 Å². The number of para-hydroxylation sites is 2. The van der Waals surface area contributed by atoms with E-state index in [4.69, 9.17) is 4.42 Å². The highest BCUT2D eigenvalue weighted by molar-refractivity contribution is 7.25. The molecule has 0 aliphatic rings. The molecule has 0 aliphatic heterocycles. The first kappa shape index (κ1) is 31.6. The van der Waals surface area contributed by atoms with Gasteiger partial charge in [0, 0.05) is 47.9 Å². The molecule has 0 aliphatic carbocycles. The Morgan fingerprint density at radius 1 is 0.345 bits per heavy atom. The largest absolute Gasteiger partial charge is 0.456 e. The first-order valence-electron chi connectivity index (χ1n) is 18.7.